The van der Waals surface area contributed by atoms with Gasteiger partial charge in [0.15, 0.2) is 0 Å². The molecule has 0 aliphatic heterocycles. The van der Waals surface area contributed by atoms with E-state index in [1.807, 2.05) is 6.08 Å². The Morgan fingerprint density at radius 2 is 2.19 bits per heavy atom. The summed E-state index contributed by atoms with van der Waals surface area (Å²) in [6.07, 6.45) is 3.60. The number of nitrogens with two attached hydrogens (primary N) is 1. The van der Waals surface area contributed by atoms with E-state index in [1.54, 1.807) is 31.4 Å². The van der Waals surface area contributed by atoms with E-state index in [1.165, 1.54) is 7.11 Å². The number of methoxy groups -OCH3 is 2. The number of esters is 1. The van der Waals surface area contributed by atoms with Gasteiger partial charge in [0.25, 0.3) is 0 Å². The van der Waals surface area contributed by atoms with Gasteiger partial charge in [0.2, 0.25) is 0 Å². The highest BCUT2D eigenvalue weighted by Gasteiger charge is 2.08. The van der Waals surface area contributed by atoms with Crippen LogP contribution in [0.5, 0.6) is 5.75 Å². The van der Waals surface area contributed by atoms with Crippen molar-refractivity contribution in [1.29, 1.82) is 0 Å². The molecule has 0 fully saturated rings. The maximum absolute atomic E-state index is 11.3. The molecule has 0 bridgehead atoms. The molecule has 86 valence electrons. The fourth-order valence-electron chi connectivity index (χ4n) is 1.30. The topological polar surface area (TPSA) is 61.5 Å². The van der Waals surface area contributed by atoms with Crippen LogP contribution in [-0.2, 0) is 4.74 Å². The first-order chi connectivity index (χ1) is 7.72. The van der Waals surface area contributed by atoms with Crippen molar-refractivity contribution in [3.8, 4) is 5.75 Å². The van der Waals surface area contributed by atoms with Crippen LogP contribution in [0.4, 0.5) is 0 Å². The summed E-state index contributed by atoms with van der Waals surface area (Å²) in [5.41, 5.74) is 6.66. The van der Waals surface area contributed by atoms with Gasteiger partial charge in [-0.25, -0.2) is 4.79 Å². The number of rotatable bonds is 4. The highest BCUT2D eigenvalue weighted by molar-refractivity contribution is 5.90. The quantitative estimate of drug-likeness (QED) is 0.782. The van der Waals surface area contributed by atoms with Gasteiger partial charge < -0.3 is 15.2 Å². The Morgan fingerprint density at radius 1 is 1.44 bits per heavy atom. The van der Waals surface area contributed by atoms with Crippen molar-refractivity contribution in [3.05, 3.63) is 35.4 Å². The van der Waals surface area contributed by atoms with Gasteiger partial charge in [-0.2, -0.15) is 0 Å². The lowest BCUT2D eigenvalue weighted by atomic mass is 10.1. The Bertz CT molecular complexity index is 399. The molecular weight excluding hydrogens is 206 g/mol. The number of benzene rings is 1. The van der Waals surface area contributed by atoms with Crippen molar-refractivity contribution < 1.29 is 14.3 Å². The summed E-state index contributed by atoms with van der Waals surface area (Å²) in [5.74, 6) is 0.322. The van der Waals surface area contributed by atoms with Gasteiger partial charge in [0.05, 0.1) is 19.8 Å². The largest absolute Gasteiger partial charge is 0.496 e. The predicted octanol–water partition coefficient (Wildman–Crippen LogP) is 1.45. The number of ether oxygens (including phenoxy) is 2. The normalized spacial score (nSPS) is 10.4. The molecule has 1 rings (SSSR count). The van der Waals surface area contributed by atoms with Gasteiger partial charge in [-0.05, 0) is 18.2 Å². The fraction of sp³-hybridized carbons (Fsp3) is 0.250. The third-order valence-electron chi connectivity index (χ3n) is 2.08. The number of hydrogen-bond acceptors (Lipinski definition) is 4. The molecule has 0 heterocycles. The van der Waals surface area contributed by atoms with Crippen LogP contribution in [-0.4, -0.2) is 26.7 Å². The maximum Gasteiger partial charge on any atom is 0.337 e. The molecule has 0 radical (unpaired) electrons. The Hall–Kier alpha value is -1.81. The monoisotopic (exact) mass is 221 g/mol. The van der Waals surface area contributed by atoms with Crippen LogP contribution in [0.25, 0.3) is 6.08 Å². The molecule has 1 aromatic carbocycles. The summed E-state index contributed by atoms with van der Waals surface area (Å²) < 4.78 is 9.81. The second kappa shape index (κ2) is 5.92. The second-order valence-electron chi connectivity index (χ2n) is 3.09. The molecule has 0 atom stereocenters. The first-order valence-corrected chi connectivity index (χ1v) is 4.86. The maximum atomic E-state index is 11.3. The molecule has 0 aromatic heterocycles. The minimum Gasteiger partial charge on any atom is -0.496 e. The van der Waals surface area contributed by atoms with E-state index in [-0.39, 0.29) is 5.97 Å². The zero-order valence-corrected chi connectivity index (χ0v) is 9.40. The van der Waals surface area contributed by atoms with Crippen molar-refractivity contribution in [3.63, 3.8) is 0 Å². The van der Waals surface area contributed by atoms with E-state index in [4.69, 9.17) is 10.5 Å². The molecule has 0 aliphatic rings. The van der Waals surface area contributed by atoms with Gasteiger partial charge in [0.1, 0.15) is 5.75 Å². The van der Waals surface area contributed by atoms with Crippen LogP contribution < -0.4 is 10.5 Å². The molecule has 4 heteroatoms. The van der Waals surface area contributed by atoms with E-state index in [0.29, 0.717) is 17.9 Å². The second-order valence-corrected chi connectivity index (χ2v) is 3.09. The molecule has 0 amide bonds. The van der Waals surface area contributed by atoms with Gasteiger partial charge in [-0.3, -0.25) is 0 Å². The molecule has 0 saturated carbocycles. The number of carbonyl (C=O) groups excluding carboxylic acids is 1. The van der Waals surface area contributed by atoms with Crippen molar-refractivity contribution in [1.82, 2.24) is 0 Å². The summed E-state index contributed by atoms with van der Waals surface area (Å²) in [4.78, 5) is 11.3. The minimum atomic E-state index is -0.370. The average molecular weight is 221 g/mol. The van der Waals surface area contributed by atoms with Gasteiger partial charge in [-0.1, -0.05) is 12.2 Å². The lowest BCUT2D eigenvalue weighted by molar-refractivity contribution is 0.0600. The summed E-state index contributed by atoms with van der Waals surface area (Å²) in [6, 6.07) is 5.09. The van der Waals surface area contributed by atoms with E-state index in [2.05, 4.69) is 4.74 Å². The molecule has 1 aromatic rings. The third kappa shape index (κ3) is 2.84. The van der Waals surface area contributed by atoms with Crippen LogP contribution >= 0.6 is 0 Å². The Kier molecular flexibility index (Phi) is 4.54. The summed E-state index contributed by atoms with van der Waals surface area (Å²) in [5, 5.41) is 0. The molecule has 0 spiro atoms. The lowest BCUT2D eigenvalue weighted by Crippen LogP contribution is -2.02. The summed E-state index contributed by atoms with van der Waals surface area (Å²) in [6.45, 7) is 0.436. The molecule has 0 unspecified atom stereocenters. The highest BCUT2D eigenvalue weighted by Crippen LogP contribution is 2.21. The molecule has 0 saturated heterocycles. The first-order valence-electron chi connectivity index (χ1n) is 4.86. The number of hydrogen-bond donors (Lipinski definition) is 1. The zero-order valence-electron chi connectivity index (χ0n) is 9.40. The van der Waals surface area contributed by atoms with Crippen LogP contribution in [0.1, 0.15) is 15.9 Å². The zero-order chi connectivity index (χ0) is 12.0. The first kappa shape index (κ1) is 12.3. The van der Waals surface area contributed by atoms with E-state index in [0.717, 1.165) is 5.56 Å². The van der Waals surface area contributed by atoms with Gasteiger partial charge >= 0.3 is 5.97 Å². The van der Waals surface area contributed by atoms with Crippen molar-refractivity contribution in [2.75, 3.05) is 20.8 Å². The molecule has 4 nitrogen and oxygen atoms in total. The van der Waals surface area contributed by atoms with Crippen LogP contribution in [0.3, 0.4) is 0 Å². The standard InChI is InChI=1S/C12H15NO3/c1-15-11-6-5-10(12(14)16-2)8-9(11)4-3-7-13/h3-6,8H,7,13H2,1-2H3. The summed E-state index contributed by atoms with van der Waals surface area (Å²) >= 11 is 0. The SMILES string of the molecule is COC(=O)c1ccc(OC)c(C=CCN)c1. The average Bonchev–Trinajstić information content (AvgIpc) is 2.34. The molecule has 2 N–H and O–H groups in total. The van der Waals surface area contributed by atoms with E-state index >= 15 is 0 Å². The van der Waals surface area contributed by atoms with Gasteiger partial charge in [-0.15, -0.1) is 0 Å². The summed E-state index contributed by atoms with van der Waals surface area (Å²) in [7, 11) is 2.93. The Balaban J connectivity index is 3.10. The van der Waals surface area contributed by atoms with E-state index in [9.17, 15) is 4.79 Å². The predicted molar refractivity (Wildman–Crippen MR) is 62.4 cm³/mol. The van der Waals surface area contributed by atoms with Crippen LogP contribution in [0.2, 0.25) is 0 Å². The molecule has 0 aliphatic carbocycles. The highest BCUT2D eigenvalue weighted by atomic mass is 16.5. The third-order valence-corrected chi connectivity index (χ3v) is 2.08. The Morgan fingerprint density at radius 3 is 2.75 bits per heavy atom. The van der Waals surface area contributed by atoms with Crippen molar-refractivity contribution >= 4 is 12.0 Å². The lowest BCUT2D eigenvalue weighted by Gasteiger charge is -2.06. The fourth-order valence-corrected chi connectivity index (χ4v) is 1.30. The van der Waals surface area contributed by atoms with Crippen LogP contribution in [0, 0.1) is 0 Å². The smallest absolute Gasteiger partial charge is 0.337 e. The van der Waals surface area contributed by atoms with E-state index < -0.39 is 0 Å². The molecule has 16 heavy (non-hydrogen) atoms. The molecular formula is C12H15NO3. The van der Waals surface area contributed by atoms with Gasteiger partial charge in [0, 0.05) is 12.1 Å². The minimum absolute atomic E-state index is 0.370. The Labute approximate surface area is 94.7 Å². The van der Waals surface area contributed by atoms with Crippen molar-refractivity contribution in [2.45, 2.75) is 0 Å². The number of carbonyl (C=O) groups is 1. The van der Waals surface area contributed by atoms with Crippen molar-refractivity contribution in [2.24, 2.45) is 5.73 Å². The van der Waals surface area contributed by atoms with Crippen LogP contribution in [0.15, 0.2) is 24.3 Å².